The molecule has 2 aromatic heterocycles. The number of anilines is 1. The van der Waals surface area contributed by atoms with E-state index in [2.05, 4.69) is 65.8 Å². The fourth-order valence-corrected chi connectivity index (χ4v) is 3.46. The van der Waals surface area contributed by atoms with Gasteiger partial charge in [-0.25, -0.2) is 10.1 Å². The van der Waals surface area contributed by atoms with Crippen LogP contribution in [0.5, 0.6) is 0 Å². The molecule has 3 N–H and O–H groups in total. The van der Waals surface area contributed by atoms with Crippen LogP contribution in [0.15, 0.2) is 38.5 Å². The summed E-state index contributed by atoms with van der Waals surface area (Å²) >= 11 is 3.40. The van der Waals surface area contributed by atoms with Gasteiger partial charge in [0.05, 0.1) is 11.9 Å². The third kappa shape index (κ3) is 5.73. The highest BCUT2D eigenvalue weighted by atomic mass is 79.9. The summed E-state index contributed by atoms with van der Waals surface area (Å²) in [7, 11) is 0. The van der Waals surface area contributed by atoms with Gasteiger partial charge in [0.15, 0.2) is 5.69 Å². The van der Waals surface area contributed by atoms with Gasteiger partial charge >= 0.3 is 0 Å². The Hall–Kier alpha value is -3.12. The molecule has 0 aliphatic carbocycles. The van der Waals surface area contributed by atoms with Crippen molar-refractivity contribution in [3.8, 4) is 5.82 Å². The van der Waals surface area contributed by atoms with Gasteiger partial charge in [-0.2, -0.15) is 9.78 Å². The van der Waals surface area contributed by atoms with E-state index in [1.165, 1.54) is 4.68 Å². The normalized spacial score (nSPS) is 11.5. The van der Waals surface area contributed by atoms with Crippen molar-refractivity contribution in [3.05, 3.63) is 45.7 Å². The molecule has 0 spiro atoms. The van der Waals surface area contributed by atoms with Gasteiger partial charge in [0.1, 0.15) is 0 Å². The summed E-state index contributed by atoms with van der Waals surface area (Å²) in [5.41, 5.74) is 9.83. The average molecular weight is 490 g/mol. The van der Waals surface area contributed by atoms with E-state index >= 15 is 0 Å². The minimum absolute atomic E-state index is 0.0586. The summed E-state index contributed by atoms with van der Waals surface area (Å²) < 4.78 is 6.99. The number of halogens is 1. The van der Waals surface area contributed by atoms with Crippen molar-refractivity contribution in [1.29, 1.82) is 0 Å². The highest BCUT2D eigenvalue weighted by molar-refractivity contribution is 9.10. The standard InChI is InChI=1S/C19H24BrN9O2/c1-3-8-28(9-4-2)12-15-16(23-27-29(15)18-17(21)25-31-26-18)19(30)24-22-11-13-6-5-7-14(20)10-13/h5-7,10-11H,3-4,8-9,12H2,1-2H3,(H2,21,25)(H,24,30). The fraction of sp³-hybridized carbons (Fsp3) is 0.368. The molecule has 0 bridgehead atoms. The summed E-state index contributed by atoms with van der Waals surface area (Å²) in [6.45, 7) is 6.34. The number of carbonyl (C=O) groups is 1. The number of carbonyl (C=O) groups excluding carboxylic acids is 1. The molecule has 0 radical (unpaired) electrons. The number of amides is 1. The van der Waals surface area contributed by atoms with Gasteiger partial charge < -0.3 is 5.73 Å². The molecule has 0 unspecified atom stereocenters. The lowest BCUT2D eigenvalue weighted by atomic mass is 10.2. The molecule has 2 heterocycles. The first-order valence-corrected chi connectivity index (χ1v) is 10.7. The molecule has 0 saturated carbocycles. The number of hydrogen-bond donors (Lipinski definition) is 2. The Morgan fingerprint density at radius 2 is 2.10 bits per heavy atom. The van der Waals surface area contributed by atoms with Crippen molar-refractivity contribution in [1.82, 2.24) is 35.6 Å². The lowest BCUT2D eigenvalue weighted by molar-refractivity contribution is 0.0947. The fourth-order valence-electron chi connectivity index (χ4n) is 3.05. The molecular weight excluding hydrogens is 466 g/mol. The maximum absolute atomic E-state index is 12.8. The Labute approximate surface area is 187 Å². The second kappa shape index (κ2) is 10.8. The molecule has 164 valence electrons. The van der Waals surface area contributed by atoms with Crippen LogP contribution in [0.3, 0.4) is 0 Å². The minimum atomic E-state index is -0.490. The van der Waals surface area contributed by atoms with Gasteiger partial charge in [0.2, 0.25) is 11.6 Å². The highest BCUT2D eigenvalue weighted by Gasteiger charge is 2.25. The molecule has 1 aromatic carbocycles. The first-order valence-electron chi connectivity index (χ1n) is 9.87. The topological polar surface area (TPSA) is 140 Å². The van der Waals surface area contributed by atoms with Crippen molar-refractivity contribution in [2.75, 3.05) is 18.8 Å². The number of nitrogens with one attached hydrogen (secondary N) is 1. The number of hydrazone groups is 1. The molecule has 0 fully saturated rings. The smallest absolute Gasteiger partial charge is 0.293 e. The van der Waals surface area contributed by atoms with Crippen molar-refractivity contribution in [2.24, 2.45) is 5.10 Å². The van der Waals surface area contributed by atoms with Crippen molar-refractivity contribution < 1.29 is 9.42 Å². The van der Waals surface area contributed by atoms with Crippen LogP contribution in [0.25, 0.3) is 5.82 Å². The predicted molar refractivity (Wildman–Crippen MR) is 119 cm³/mol. The van der Waals surface area contributed by atoms with Gasteiger partial charge in [0.25, 0.3) is 5.91 Å². The van der Waals surface area contributed by atoms with E-state index in [9.17, 15) is 4.79 Å². The summed E-state index contributed by atoms with van der Waals surface area (Å²) in [5.74, 6) is -0.245. The van der Waals surface area contributed by atoms with Gasteiger partial charge in [-0.05, 0) is 53.9 Å². The van der Waals surface area contributed by atoms with Crippen molar-refractivity contribution in [3.63, 3.8) is 0 Å². The molecular formula is C19H24BrN9O2. The molecule has 0 saturated heterocycles. The molecule has 12 heteroatoms. The third-order valence-corrected chi connectivity index (χ3v) is 4.85. The Balaban J connectivity index is 1.87. The monoisotopic (exact) mass is 489 g/mol. The van der Waals surface area contributed by atoms with Gasteiger partial charge in [-0.1, -0.05) is 47.1 Å². The zero-order valence-electron chi connectivity index (χ0n) is 17.3. The number of benzene rings is 1. The van der Waals surface area contributed by atoms with Crippen LogP contribution in [-0.4, -0.2) is 55.4 Å². The Morgan fingerprint density at radius 3 is 2.74 bits per heavy atom. The van der Waals surface area contributed by atoms with E-state index < -0.39 is 5.91 Å². The van der Waals surface area contributed by atoms with Gasteiger partial charge in [0, 0.05) is 11.0 Å². The van der Waals surface area contributed by atoms with Crippen molar-refractivity contribution in [2.45, 2.75) is 33.2 Å². The molecule has 0 aliphatic heterocycles. The largest absolute Gasteiger partial charge is 0.378 e. The van der Waals surface area contributed by atoms with Crippen LogP contribution in [0.4, 0.5) is 5.82 Å². The number of nitrogens with two attached hydrogens (primary N) is 1. The molecule has 1 amide bonds. The summed E-state index contributed by atoms with van der Waals surface area (Å²) in [5, 5.41) is 19.5. The molecule has 3 rings (SSSR count). The Kier molecular flexibility index (Phi) is 7.84. The quantitative estimate of drug-likeness (QED) is 0.326. The molecule has 11 nitrogen and oxygen atoms in total. The number of rotatable bonds is 10. The number of hydrogen-bond acceptors (Lipinski definition) is 9. The van der Waals surface area contributed by atoms with E-state index in [1.807, 2.05) is 24.3 Å². The van der Waals surface area contributed by atoms with Crippen LogP contribution in [0, 0.1) is 0 Å². The second-order valence-electron chi connectivity index (χ2n) is 6.80. The van der Waals surface area contributed by atoms with Crippen LogP contribution in [0.1, 0.15) is 48.4 Å². The zero-order chi connectivity index (χ0) is 22.2. The molecule has 31 heavy (non-hydrogen) atoms. The minimum Gasteiger partial charge on any atom is -0.378 e. The zero-order valence-corrected chi connectivity index (χ0v) is 18.9. The van der Waals surface area contributed by atoms with Gasteiger partial charge in [-0.3, -0.25) is 9.69 Å². The molecule has 3 aromatic rings. The van der Waals surface area contributed by atoms with E-state index in [0.717, 1.165) is 36.0 Å². The summed E-state index contributed by atoms with van der Waals surface area (Å²) in [6, 6.07) is 7.54. The van der Waals surface area contributed by atoms with E-state index in [0.29, 0.717) is 12.2 Å². The van der Waals surface area contributed by atoms with Gasteiger partial charge in [-0.15, -0.1) is 5.10 Å². The van der Waals surface area contributed by atoms with Crippen LogP contribution >= 0.6 is 15.9 Å². The van der Waals surface area contributed by atoms with E-state index in [4.69, 9.17) is 10.4 Å². The predicted octanol–water partition coefficient (Wildman–Crippen LogP) is 2.38. The Bertz CT molecular complexity index is 1040. The lowest BCUT2D eigenvalue weighted by Gasteiger charge is -2.21. The van der Waals surface area contributed by atoms with Crippen LogP contribution < -0.4 is 11.2 Å². The third-order valence-electron chi connectivity index (χ3n) is 4.36. The molecule has 0 aliphatic rings. The van der Waals surface area contributed by atoms with Crippen LogP contribution in [0.2, 0.25) is 0 Å². The van der Waals surface area contributed by atoms with E-state index in [-0.39, 0.29) is 17.3 Å². The van der Waals surface area contributed by atoms with E-state index in [1.54, 1.807) is 6.21 Å². The first-order chi connectivity index (χ1) is 15.0. The first kappa shape index (κ1) is 22.6. The lowest BCUT2D eigenvalue weighted by Crippen LogP contribution is -2.28. The number of nitrogens with zero attached hydrogens (tertiary/aromatic N) is 7. The highest BCUT2D eigenvalue weighted by Crippen LogP contribution is 2.18. The Morgan fingerprint density at radius 1 is 1.32 bits per heavy atom. The van der Waals surface area contributed by atoms with Crippen molar-refractivity contribution >= 4 is 33.9 Å². The number of aromatic nitrogens is 5. The summed E-state index contributed by atoms with van der Waals surface area (Å²) in [4.78, 5) is 15.0. The maximum Gasteiger partial charge on any atom is 0.293 e. The average Bonchev–Trinajstić information content (AvgIpc) is 3.34. The molecule has 0 atom stereocenters. The summed E-state index contributed by atoms with van der Waals surface area (Å²) in [6.07, 6.45) is 3.48. The maximum atomic E-state index is 12.8. The number of nitrogen functional groups attached to an aromatic ring is 1. The van der Waals surface area contributed by atoms with Crippen LogP contribution in [-0.2, 0) is 6.54 Å². The second-order valence-corrected chi connectivity index (χ2v) is 7.72. The SMILES string of the molecule is CCCN(CCC)Cc1c(C(=O)NN=Cc2cccc(Br)c2)nnn1-c1nonc1N.